The van der Waals surface area contributed by atoms with Crippen LogP contribution in [0.1, 0.15) is 48.9 Å². The molecule has 2 fully saturated rings. The molecule has 2 aliphatic rings. The van der Waals surface area contributed by atoms with Crippen molar-refractivity contribution in [3.05, 3.63) is 29.8 Å². The topological polar surface area (TPSA) is 73.6 Å². The highest BCUT2D eigenvalue weighted by Gasteiger charge is 2.21. The summed E-state index contributed by atoms with van der Waals surface area (Å²) in [5.74, 6) is 0.687. The Labute approximate surface area is 149 Å². The Morgan fingerprint density at radius 3 is 2.75 bits per heavy atom. The number of rotatable bonds is 5. The van der Waals surface area contributed by atoms with Gasteiger partial charge in [0, 0.05) is 24.3 Å². The van der Waals surface area contributed by atoms with E-state index in [0.717, 1.165) is 50.9 Å². The third-order valence-electron chi connectivity index (χ3n) is 4.66. The van der Waals surface area contributed by atoms with Crippen LogP contribution in [0.3, 0.4) is 0 Å². The number of carbonyl (C=O) groups is 1. The number of halogens is 1. The molecular weight excluding hydrogens is 328 g/mol. The largest absolute Gasteiger partial charge is 0.491 e. The summed E-state index contributed by atoms with van der Waals surface area (Å²) in [6.45, 7) is 1.37. The molecule has 1 aliphatic carbocycles. The average Bonchev–Trinajstić information content (AvgIpc) is 3.09. The molecule has 1 aromatic rings. The molecule has 1 saturated carbocycles. The van der Waals surface area contributed by atoms with Gasteiger partial charge < -0.3 is 20.5 Å². The van der Waals surface area contributed by atoms with Gasteiger partial charge in [0.2, 0.25) is 0 Å². The minimum absolute atomic E-state index is 0. The molecule has 0 spiro atoms. The number of nitrogens with one attached hydrogen (secondary N) is 1. The molecule has 1 saturated heterocycles. The molecule has 6 heteroatoms. The predicted molar refractivity (Wildman–Crippen MR) is 95.9 cm³/mol. The first-order chi connectivity index (χ1) is 11.2. The van der Waals surface area contributed by atoms with Crippen LogP contribution in [-0.2, 0) is 4.74 Å². The van der Waals surface area contributed by atoms with Crippen LogP contribution >= 0.6 is 12.4 Å². The zero-order valence-electron chi connectivity index (χ0n) is 13.9. The summed E-state index contributed by atoms with van der Waals surface area (Å²) < 4.78 is 11.3. The number of nitrogens with two attached hydrogens (primary N) is 1. The van der Waals surface area contributed by atoms with Crippen molar-refractivity contribution in [2.75, 3.05) is 13.2 Å². The molecule has 1 amide bonds. The quantitative estimate of drug-likeness (QED) is 0.852. The first-order valence-corrected chi connectivity index (χ1v) is 8.61. The van der Waals surface area contributed by atoms with Crippen LogP contribution < -0.4 is 15.8 Å². The van der Waals surface area contributed by atoms with Crippen LogP contribution in [0.4, 0.5) is 0 Å². The smallest absolute Gasteiger partial charge is 0.251 e. The van der Waals surface area contributed by atoms with Crippen LogP contribution in [0.15, 0.2) is 24.3 Å². The second-order valence-electron chi connectivity index (χ2n) is 6.56. The highest BCUT2D eigenvalue weighted by Crippen LogP contribution is 2.19. The van der Waals surface area contributed by atoms with Crippen molar-refractivity contribution in [3.63, 3.8) is 0 Å². The summed E-state index contributed by atoms with van der Waals surface area (Å²) in [7, 11) is 0. The molecule has 1 aromatic carbocycles. The first kappa shape index (κ1) is 19.0. The standard InChI is InChI=1S/C18H26N2O3.ClH/c19-14-6-8-15(9-7-14)20-18(21)13-3-1-4-16(11-13)23-12-17-5-2-10-22-17;/h1,3-4,11,14-15,17H,2,5-10,12,19H2,(H,20,21);1H. The Morgan fingerprint density at radius 2 is 2.04 bits per heavy atom. The molecule has 5 nitrogen and oxygen atoms in total. The molecule has 1 atom stereocenters. The van der Waals surface area contributed by atoms with E-state index < -0.39 is 0 Å². The Kier molecular flexibility index (Phi) is 7.34. The molecule has 24 heavy (non-hydrogen) atoms. The van der Waals surface area contributed by atoms with E-state index in [4.69, 9.17) is 15.2 Å². The normalized spacial score (nSPS) is 26.5. The van der Waals surface area contributed by atoms with Gasteiger partial charge in [-0.1, -0.05) is 6.07 Å². The maximum Gasteiger partial charge on any atom is 0.251 e. The van der Waals surface area contributed by atoms with Crippen LogP contribution in [0.2, 0.25) is 0 Å². The number of hydrogen-bond donors (Lipinski definition) is 2. The summed E-state index contributed by atoms with van der Waals surface area (Å²) in [6.07, 6.45) is 6.21. The van der Waals surface area contributed by atoms with Crippen LogP contribution in [0.5, 0.6) is 5.75 Å². The van der Waals surface area contributed by atoms with E-state index in [0.29, 0.717) is 12.2 Å². The fourth-order valence-electron chi connectivity index (χ4n) is 3.22. The van der Waals surface area contributed by atoms with Gasteiger partial charge in [-0.2, -0.15) is 0 Å². The summed E-state index contributed by atoms with van der Waals surface area (Å²) in [6, 6.07) is 7.89. The summed E-state index contributed by atoms with van der Waals surface area (Å²) in [5.41, 5.74) is 6.55. The zero-order chi connectivity index (χ0) is 16.1. The van der Waals surface area contributed by atoms with E-state index in [1.807, 2.05) is 18.2 Å². The summed E-state index contributed by atoms with van der Waals surface area (Å²) in [4.78, 5) is 12.4. The lowest BCUT2D eigenvalue weighted by Gasteiger charge is -2.26. The van der Waals surface area contributed by atoms with Gasteiger partial charge in [0.15, 0.2) is 0 Å². The number of ether oxygens (including phenoxy) is 2. The Morgan fingerprint density at radius 1 is 1.25 bits per heavy atom. The SMILES string of the molecule is Cl.NC1CCC(NC(=O)c2cccc(OCC3CCCO3)c2)CC1. The lowest BCUT2D eigenvalue weighted by Crippen LogP contribution is -2.40. The van der Waals surface area contributed by atoms with Crippen molar-refractivity contribution in [3.8, 4) is 5.75 Å². The molecule has 0 bridgehead atoms. The minimum Gasteiger partial charge on any atom is -0.491 e. The second-order valence-corrected chi connectivity index (χ2v) is 6.56. The highest BCUT2D eigenvalue weighted by atomic mass is 35.5. The Balaban J connectivity index is 0.00000208. The fourth-order valence-corrected chi connectivity index (χ4v) is 3.22. The number of carbonyl (C=O) groups excluding carboxylic acids is 1. The molecule has 1 unspecified atom stereocenters. The number of benzene rings is 1. The van der Waals surface area contributed by atoms with Crippen LogP contribution in [-0.4, -0.2) is 37.3 Å². The zero-order valence-corrected chi connectivity index (χ0v) is 14.7. The monoisotopic (exact) mass is 354 g/mol. The number of amides is 1. The van der Waals surface area contributed by atoms with Gasteiger partial charge in [-0.15, -0.1) is 12.4 Å². The molecule has 134 valence electrons. The van der Waals surface area contributed by atoms with Crippen molar-refractivity contribution >= 4 is 18.3 Å². The third kappa shape index (κ3) is 5.36. The van der Waals surface area contributed by atoms with E-state index in [1.54, 1.807) is 6.07 Å². The van der Waals surface area contributed by atoms with E-state index in [-0.39, 0.29) is 36.5 Å². The van der Waals surface area contributed by atoms with E-state index in [2.05, 4.69) is 5.32 Å². The van der Waals surface area contributed by atoms with Crippen molar-refractivity contribution in [1.82, 2.24) is 5.32 Å². The summed E-state index contributed by atoms with van der Waals surface area (Å²) in [5, 5.41) is 3.11. The van der Waals surface area contributed by atoms with Crippen LogP contribution in [0.25, 0.3) is 0 Å². The van der Waals surface area contributed by atoms with E-state index in [1.165, 1.54) is 0 Å². The van der Waals surface area contributed by atoms with Crippen molar-refractivity contribution in [2.45, 2.75) is 56.7 Å². The van der Waals surface area contributed by atoms with Gasteiger partial charge in [-0.25, -0.2) is 0 Å². The van der Waals surface area contributed by atoms with Crippen molar-refractivity contribution in [1.29, 1.82) is 0 Å². The number of hydrogen-bond acceptors (Lipinski definition) is 4. The summed E-state index contributed by atoms with van der Waals surface area (Å²) >= 11 is 0. The predicted octanol–water partition coefficient (Wildman–Crippen LogP) is 2.67. The maximum absolute atomic E-state index is 12.4. The fraction of sp³-hybridized carbons (Fsp3) is 0.611. The molecule has 1 aliphatic heterocycles. The van der Waals surface area contributed by atoms with E-state index >= 15 is 0 Å². The van der Waals surface area contributed by atoms with Gasteiger partial charge in [-0.3, -0.25) is 4.79 Å². The van der Waals surface area contributed by atoms with Crippen molar-refractivity contribution < 1.29 is 14.3 Å². The first-order valence-electron chi connectivity index (χ1n) is 8.61. The van der Waals surface area contributed by atoms with Gasteiger partial charge >= 0.3 is 0 Å². The highest BCUT2D eigenvalue weighted by molar-refractivity contribution is 5.94. The van der Waals surface area contributed by atoms with E-state index in [9.17, 15) is 4.79 Å². The molecule has 0 radical (unpaired) electrons. The lowest BCUT2D eigenvalue weighted by atomic mass is 9.91. The molecule has 3 rings (SSSR count). The molecule has 3 N–H and O–H groups in total. The van der Waals surface area contributed by atoms with Gasteiger partial charge in [0.1, 0.15) is 12.4 Å². The molecular formula is C18H27ClN2O3. The Hall–Kier alpha value is -1.30. The molecule has 1 heterocycles. The maximum atomic E-state index is 12.4. The molecule has 0 aromatic heterocycles. The van der Waals surface area contributed by atoms with Gasteiger partial charge in [0.25, 0.3) is 5.91 Å². The third-order valence-corrected chi connectivity index (χ3v) is 4.66. The van der Waals surface area contributed by atoms with Gasteiger partial charge in [0.05, 0.1) is 6.10 Å². The van der Waals surface area contributed by atoms with Crippen molar-refractivity contribution in [2.24, 2.45) is 5.73 Å². The Bertz CT molecular complexity index is 527. The lowest BCUT2D eigenvalue weighted by molar-refractivity contribution is 0.0679. The minimum atomic E-state index is -0.0342. The van der Waals surface area contributed by atoms with Gasteiger partial charge in [-0.05, 0) is 56.7 Å². The average molecular weight is 355 g/mol. The van der Waals surface area contributed by atoms with Crippen LogP contribution in [0, 0.1) is 0 Å². The second kappa shape index (κ2) is 9.25.